The predicted molar refractivity (Wildman–Crippen MR) is 81.2 cm³/mol. The molecule has 1 rings (SSSR count). The fourth-order valence-corrected chi connectivity index (χ4v) is 1.75. The van der Waals surface area contributed by atoms with Crippen LogP contribution in [0, 0.1) is 21.4 Å². The second kappa shape index (κ2) is 9.14. The van der Waals surface area contributed by atoms with Gasteiger partial charge in [-0.1, -0.05) is 12.1 Å². The zero-order chi connectivity index (χ0) is 17.2. The van der Waals surface area contributed by atoms with Crippen molar-refractivity contribution in [2.75, 3.05) is 31.6 Å². The Morgan fingerprint density at radius 1 is 1.35 bits per heavy atom. The van der Waals surface area contributed by atoms with E-state index in [0.717, 1.165) is 0 Å². The lowest BCUT2D eigenvalue weighted by Gasteiger charge is -2.18. The number of nitro benzene ring substituents is 1. The molecule has 9 nitrogen and oxygen atoms in total. The van der Waals surface area contributed by atoms with Gasteiger partial charge in [0.25, 0.3) is 11.6 Å². The topological polar surface area (TPSA) is 140 Å². The first-order valence-corrected chi connectivity index (χ1v) is 6.66. The number of aliphatic hydroxyl groups is 2. The van der Waals surface area contributed by atoms with E-state index >= 15 is 0 Å². The zero-order valence-electron chi connectivity index (χ0n) is 12.2. The maximum atomic E-state index is 12.1. The summed E-state index contributed by atoms with van der Waals surface area (Å²) in [6, 6.07) is 7.25. The number of nitro groups is 1. The maximum absolute atomic E-state index is 12.1. The molecule has 0 aromatic heterocycles. The highest BCUT2D eigenvalue weighted by atomic mass is 16.6. The number of amides is 1. The molecule has 0 aliphatic rings. The summed E-state index contributed by atoms with van der Waals surface area (Å²) in [6.07, 6.45) is 1.19. The monoisotopic (exact) mass is 320 g/mol. The number of nitriles is 1. The van der Waals surface area contributed by atoms with Crippen molar-refractivity contribution < 1.29 is 19.9 Å². The number of aliphatic hydroxyl groups excluding tert-OH is 2. The lowest BCUT2D eigenvalue weighted by molar-refractivity contribution is -0.383. The molecule has 122 valence electrons. The Kier molecular flexibility index (Phi) is 7.19. The first-order valence-electron chi connectivity index (χ1n) is 6.66. The Labute approximate surface area is 132 Å². The van der Waals surface area contributed by atoms with E-state index in [1.54, 1.807) is 6.07 Å². The van der Waals surface area contributed by atoms with Crippen molar-refractivity contribution in [1.82, 2.24) is 4.90 Å². The van der Waals surface area contributed by atoms with Crippen molar-refractivity contribution in [2.45, 2.75) is 0 Å². The molecule has 1 aromatic rings. The van der Waals surface area contributed by atoms with E-state index in [1.807, 2.05) is 0 Å². The second-order valence-corrected chi connectivity index (χ2v) is 4.37. The minimum atomic E-state index is -0.817. The van der Waals surface area contributed by atoms with Crippen LogP contribution in [0.1, 0.15) is 0 Å². The molecular weight excluding hydrogens is 304 g/mol. The molecule has 1 amide bonds. The lowest BCUT2D eigenvalue weighted by Crippen LogP contribution is -2.26. The largest absolute Gasteiger partial charge is 0.395 e. The number of carbonyl (C=O) groups excluding carboxylic acids is 1. The van der Waals surface area contributed by atoms with Crippen LogP contribution in [0.5, 0.6) is 0 Å². The fourth-order valence-electron chi connectivity index (χ4n) is 1.75. The van der Waals surface area contributed by atoms with E-state index in [4.69, 9.17) is 15.5 Å². The summed E-state index contributed by atoms with van der Waals surface area (Å²) in [5.74, 6) is -0.817. The highest BCUT2D eigenvalue weighted by Crippen LogP contribution is 2.23. The number of carbonyl (C=O) groups is 1. The average Bonchev–Trinajstić information content (AvgIpc) is 2.53. The van der Waals surface area contributed by atoms with Crippen LogP contribution < -0.4 is 5.32 Å². The van der Waals surface area contributed by atoms with Crippen molar-refractivity contribution in [3.8, 4) is 6.07 Å². The highest BCUT2D eigenvalue weighted by molar-refractivity contribution is 6.07. The zero-order valence-corrected chi connectivity index (χ0v) is 12.2. The van der Waals surface area contributed by atoms with Crippen molar-refractivity contribution in [2.24, 2.45) is 0 Å². The molecule has 0 spiro atoms. The summed E-state index contributed by atoms with van der Waals surface area (Å²) in [5.41, 5.74) is -0.620. The minimum Gasteiger partial charge on any atom is -0.395 e. The highest BCUT2D eigenvalue weighted by Gasteiger charge is 2.17. The molecule has 9 heteroatoms. The molecule has 0 aliphatic heterocycles. The van der Waals surface area contributed by atoms with Gasteiger partial charge in [-0.3, -0.25) is 14.9 Å². The number of anilines is 1. The van der Waals surface area contributed by atoms with Gasteiger partial charge in [0.1, 0.15) is 17.3 Å². The minimum absolute atomic E-state index is 0.0282. The van der Waals surface area contributed by atoms with Crippen molar-refractivity contribution >= 4 is 17.3 Å². The molecule has 1 aromatic carbocycles. The lowest BCUT2D eigenvalue weighted by atomic mass is 10.2. The van der Waals surface area contributed by atoms with Crippen molar-refractivity contribution in [3.63, 3.8) is 0 Å². The van der Waals surface area contributed by atoms with Gasteiger partial charge in [-0.05, 0) is 6.07 Å². The Morgan fingerprint density at radius 2 is 1.96 bits per heavy atom. The summed E-state index contributed by atoms with van der Waals surface area (Å²) in [6.45, 7) is -0.184. The molecule has 3 N–H and O–H groups in total. The molecule has 0 atom stereocenters. The van der Waals surface area contributed by atoms with Gasteiger partial charge in [-0.25, -0.2) is 0 Å². The smallest absolute Gasteiger partial charge is 0.292 e. The summed E-state index contributed by atoms with van der Waals surface area (Å²) in [5, 5.41) is 40.1. The van der Waals surface area contributed by atoms with Gasteiger partial charge in [-0.15, -0.1) is 0 Å². The van der Waals surface area contributed by atoms with Gasteiger partial charge in [0.15, 0.2) is 0 Å². The van der Waals surface area contributed by atoms with Gasteiger partial charge in [0.05, 0.1) is 18.1 Å². The fraction of sp³-hybridized carbons (Fsp3) is 0.286. The molecule has 0 saturated carbocycles. The predicted octanol–water partition coefficient (Wildman–Crippen LogP) is 0.227. The first-order chi connectivity index (χ1) is 11.0. The molecular formula is C14H16N4O5. The molecule has 0 heterocycles. The van der Waals surface area contributed by atoms with Crippen LogP contribution in [0.3, 0.4) is 0 Å². The molecule has 0 aliphatic carbocycles. The molecule has 0 fully saturated rings. The van der Waals surface area contributed by atoms with Crippen LogP contribution in [0.2, 0.25) is 0 Å². The number of nitrogens with zero attached hydrogens (tertiary/aromatic N) is 3. The Balaban J connectivity index is 2.98. The van der Waals surface area contributed by atoms with Crippen LogP contribution >= 0.6 is 0 Å². The van der Waals surface area contributed by atoms with Gasteiger partial charge in [0.2, 0.25) is 0 Å². The molecule has 0 radical (unpaired) electrons. The third-order valence-electron chi connectivity index (χ3n) is 2.80. The number of hydrogen-bond acceptors (Lipinski definition) is 7. The van der Waals surface area contributed by atoms with Crippen molar-refractivity contribution in [1.29, 1.82) is 5.26 Å². The van der Waals surface area contributed by atoms with Gasteiger partial charge >= 0.3 is 0 Å². The number of para-hydroxylation sites is 2. The van der Waals surface area contributed by atoms with Crippen LogP contribution in [0.15, 0.2) is 36.0 Å². The van der Waals surface area contributed by atoms with Gasteiger partial charge < -0.3 is 20.4 Å². The normalized spacial score (nSPS) is 10.7. The van der Waals surface area contributed by atoms with Crippen molar-refractivity contribution in [3.05, 3.63) is 46.2 Å². The third-order valence-corrected chi connectivity index (χ3v) is 2.80. The van der Waals surface area contributed by atoms with E-state index < -0.39 is 10.8 Å². The quantitative estimate of drug-likeness (QED) is 0.269. The molecule has 23 heavy (non-hydrogen) atoms. The maximum Gasteiger partial charge on any atom is 0.292 e. The summed E-state index contributed by atoms with van der Waals surface area (Å²) >= 11 is 0. The summed E-state index contributed by atoms with van der Waals surface area (Å²) in [4.78, 5) is 23.7. The number of rotatable bonds is 8. The summed E-state index contributed by atoms with van der Waals surface area (Å²) < 4.78 is 0. The van der Waals surface area contributed by atoms with E-state index in [-0.39, 0.29) is 43.3 Å². The van der Waals surface area contributed by atoms with E-state index in [1.165, 1.54) is 35.4 Å². The molecule has 0 bridgehead atoms. The number of hydrogen-bond donors (Lipinski definition) is 3. The van der Waals surface area contributed by atoms with E-state index in [9.17, 15) is 14.9 Å². The Hall–Kier alpha value is -2.96. The van der Waals surface area contributed by atoms with Gasteiger partial charge in [0, 0.05) is 25.4 Å². The molecule has 0 unspecified atom stereocenters. The Bertz CT molecular complexity index is 632. The average molecular weight is 320 g/mol. The van der Waals surface area contributed by atoms with E-state index in [0.29, 0.717) is 0 Å². The van der Waals surface area contributed by atoms with Crippen LogP contribution in [0.25, 0.3) is 0 Å². The Morgan fingerprint density at radius 3 is 2.48 bits per heavy atom. The summed E-state index contributed by atoms with van der Waals surface area (Å²) in [7, 11) is 0. The van der Waals surface area contributed by atoms with Crippen LogP contribution in [0.4, 0.5) is 11.4 Å². The number of nitrogens with one attached hydrogen (secondary N) is 1. The second-order valence-electron chi connectivity index (χ2n) is 4.37. The van der Waals surface area contributed by atoms with Crippen LogP contribution in [-0.4, -0.2) is 52.2 Å². The van der Waals surface area contributed by atoms with Gasteiger partial charge in [-0.2, -0.15) is 5.26 Å². The molecule has 0 saturated heterocycles. The van der Waals surface area contributed by atoms with Crippen LogP contribution in [-0.2, 0) is 4.79 Å². The third kappa shape index (κ3) is 5.39. The first kappa shape index (κ1) is 18.1. The van der Waals surface area contributed by atoms with E-state index in [2.05, 4.69) is 5.32 Å². The SMILES string of the molecule is N#C/C(=C/N(CCO)CCO)C(=O)Nc1ccccc1[N+](=O)[O-]. The number of benzene rings is 1. The standard InChI is InChI=1S/C14H16N4O5/c15-9-11(10-17(5-7-19)6-8-20)14(21)16-12-3-1-2-4-13(12)18(22)23/h1-4,10,19-20H,5-8H2,(H,16,21)/b11-10-.